The lowest BCUT2D eigenvalue weighted by Crippen LogP contribution is -2.00. The lowest BCUT2D eigenvalue weighted by atomic mass is 10.0. The van der Waals surface area contributed by atoms with Crippen molar-refractivity contribution in [1.29, 1.82) is 0 Å². The first-order valence-corrected chi connectivity index (χ1v) is 19.8. The molecule has 0 spiro atoms. The highest BCUT2D eigenvalue weighted by Crippen LogP contribution is 2.44. The van der Waals surface area contributed by atoms with Gasteiger partial charge in [0.15, 0.2) is 17.5 Å². The molecule has 5 nitrogen and oxygen atoms in total. The van der Waals surface area contributed by atoms with Crippen molar-refractivity contribution in [2.75, 3.05) is 0 Å². The third-order valence-electron chi connectivity index (χ3n) is 11.1. The van der Waals surface area contributed by atoms with Gasteiger partial charge in [-0.05, 0) is 54.1 Å². The van der Waals surface area contributed by atoms with Crippen LogP contribution in [0.3, 0.4) is 0 Å². The minimum atomic E-state index is 0.616. The number of hydrogen-bond acceptors (Lipinski definition) is 5. The maximum absolute atomic E-state index is 6.68. The second-order valence-corrected chi connectivity index (χ2v) is 15.5. The van der Waals surface area contributed by atoms with Crippen LogP contribution in [0.5, 0.6) is 0 Å². The van der Waals surface area contributed by atoms with E-state index in [2.05, 4.69) is 114 Å². The summed E-state index contributed by atoms with van der Waals surface area (Å²) in [5.41, 5.74) is 10.3. The summed E-state index contributed by atoms with van der Waals surface area (Å²) >= 11 is 1.84. The first kappa shape index (κ1) is 31.9. The minimum absolute atomic E-state index is 0.616. The molecule has 0 aliphatic carbocycles. The summed E-state index contributed by atoms with van der Waals surface area (Å²) < 4.78 is 11.6. The van der Waals surface area contributed by atoms with Gasteiger partial charge in [-0.3, -0.25) is 0 Å². The predicted molar refractivity (Wildman–Crippen MR) is 236 cm³/mol. The van der Waals surface area contributed by atoms with Crippen LogP contribution in [-0.2, 0) is 0 Å². The summed E-state index contributed by atoms with van der Waals surface area (Å²) in [6.45, 7) is 0. The smallest absolute Gasteiger partial charge is 0.164 e. The predicted octanol–water partition coefficient (Wildman–Crippen LogP) is 13.9. The molecular weight excluding hydrogens is 717 g/mol. The second-order valence-electron chi connectivity index (χ2n) is 14.4. The Hall–Kier alpha value is -7.41. The van der Waals surface area contributed by atoms with E-state index in [1.807, 2.05) is 84.1 Å². The van der Waals surface area contributed by atoms with E-state index in [4.69, 9.17) is 19.4 Å². The third-order valence-corrected chi connectivity index (χ3v) is 12.2. The fraction of sp³-hybridized carbons (Fsp3) is 0. The van der Waals surface area contributed by atoms with E-state index in [0.717, 1.165) is 49.8 Å². The first-order valence-electron chi connectivity index (χ1n) is 19.0. The van der Waals surface area contributed by atoms with Crippen molar-refractivity contribution in [2.24, 2.45) is 0 Å². The molecule has 4 heterocycles. The Labute approximate surface area is 330 Å². The van der Waals surface area contributed by atoms with Crippen molar-refractivity contribution in [1.82, 2.24) is 19.5 Å². The van der Waals surface area contributed by atoms with Crippen LogP contribution in [0.2, 0.25) is 0 Å². The van der Waals surface area contributed by atoms with Crippen molar-refractivity contribution in [2.45, 2.75) is 0 Å². The quantitative estimate of drug-likeness (QED) is 0.176. The molecule has 0 atom stereocenters. The molecule has 0 saturated heterocycles. The fourth-order valence-electron chi connectivity index (χ4n) is 8.45. The Morgan fingerprint density at radius 2 is 1.00 bits per heavy atom. The van der Waals surface area contributed by atoms with Gasteiger partial charge in [-0.15, -0.1) is 11.3 Å². The number of aromatic nitrogens is 4. The summed E-state index contributed by atoms with van der Waals surface area (Å²) in [5, 5.41) is 7.12. The number of para-hydroxylation sites is 3. The van der Waals surface area contributed by atoms with Gasteiger partial charge in [-0.25, -0.2) is 15.0 Å². The second kappa shape index (κ2) is 12.6. The summed E-state index contributed by atoms with van der Waals surface area (Å²) in [7, 11) is 0. The molecule has 0 saturated carbocycles. The van der Waals surface area contributed by atoms with Crippen LogP contribution in [0.25, 0.3) is 115 Å². The van der Waals surface area contributed by atoms with E-state index < -0.39 is 0 Å². The Morgan fingerprint density at radius 1 is 0.404 bits per heavy atom. The Kier molecular flexibility index (Phi) is 7.03. The number of fused-ring (bicyclic) bond motifs is 9. The minimum Gasteiger partial charge on any atom is -0.455 e. The van der Waals surface area contributed by atoms with Crippen LogP contribution in [0, 0.1) is 0 Å². The van der Waals surface area contributed by atoms with Crippen molar-refractivity contribution >= 4 is 75.3 Å². The molecule has 0 fully saturated rings. The number of furan rings is 1. The highest BCUT2D eigenvalue weighted by molar-refractivity contribution is 7.26. The zero-order chi connectivity index (χ0) is 37.5. The van der Waals surface area contributed by atoms with Gasteiger partial charge >= 0.3 is 0 Å². The van der Waals surface area contributed by atoms with Crippen LogP contribution < -0.4 is 0 Å². The summed E-state index contributed by atoms with van der Waals surface area (Å²) in [6.07, 6.45) is 0. The molecule has 12 rings (SSSR count). The van der Waals surface area contributed by atoms with Gasteiger partial charge < -0.3 is 8.98 Å². The highest BCUT2D eigenvalue weighted by atomic mass is 32.1. The zero-order valence-corrected chi connectivity index (χ0v) is 31.2. The van der Waals surface area contributed by atoms with Gasteiger partial charge in [-0.2, -0.15) is 0 Å². The molecule has 0 unspecified atom stereocenters. The van der Waals surface area contributed by atoms with Gasteiger partial charge in [0.25, 0.3) is 0 Å². The molecule has 0 aliphatic heterocycles. The average Bonchev–Trinajstić information content (AvgIpc) is 3.96. The van der Waals surface area contributed by atoms with E-state index in [0.29, 0.717) is 17.5 Å². The highest BCUT2D eigenvalue weighted by Gasteiger charge is 2.19. The van der Waals surface area contributed by atoms with Crippen molar-refractivity contribution < 1.29 is 4.42 Å². The first-order chi connectivity index (χ1) is 28.2. The fourth-order valence-corrected chi connectivity index (χ4v) is 9.61. The molecule has 0 amide bonds. The molecule has 12 aromatic rings. The Balaban J connectivity index is 0.989. The standard InChI is InChI=1S/C51H30N4OS/c1-3-13-31(14-4-1)49-52-50(32-15-5-2-6-16-32)54-51(53-49)34-26-28-44-40(29-34)38-20-11-19-35(48(38)56-44)33-25-27-39-46(30-33)57-45-24-12-23-43(47(39)45)55-41-21-9-7-17-36(41)37-18-8-10-22-42(37)55/h1-30H. The summed E-state index contributed by atoms with van der Waals surface area (Å²) in [6, 6.07) is 63.8. The van der Waals surface area contributed by atoms with E-state index in [9.17, 15) is 0 Å². The van der Waals surface area contributed by atoms with E-state index >= 15 is 0 Å². The third kappa shape index (κ3) is 5.04. The van der Waals surface area contributed by atoms with Gasteiger partial charge in [0, 0.05) is 64.0 Å². The monoisotopic (exact) mass is 746 g/mol. The average molecular weight is 747 g/mol. The topological polar surface area (TPSA) is 56.7 Å². The Morgan fingerprint density at radius 3 is 1.70 bits per heavy atom. The number of hydrogen-bond donors (Lipinski definition) is 0. The molecular formula is C51H30N4OS. The van der Waals surface area contributed by atoms with Crippen molar-refractivity contribution in [3.8, 4) is 51.0 Å². The maximum atomic E-state index is 6.68. The number of nitrogens with zero attached hydrogens (tertiary/aromatic N) is 4. The van der Waals surface area contributed by atoms with Crippen LogP contribution in [0.1, 0.15) is 0 Å². The molecule has 266 valence electrons. The van der Waals surface area contributed by atoms with Crippen molar-refractivity contribution in [3.63, 3.8) is 0 Å². The molecule has 0 bridgehead atoms. The lowest BCUT2D eigenvalue weighted by Gasteiger charge is -2.10. The van der Waals surface area contributed by atoms with Gasteiger partial charge in [0.1, 0.15) is 11.2 Å². The molecule has 8 aromatic carbocycles. The van der Waals surface area contributed by atoms with Gasteiger partial charge in [0.05, 0.1) is 16.7 Å². The van der Waals surface area contributed by atoms with Crippen LogP contribution in [0.15, 0.2) is 186 Å². The van der Waals surface area contributed by atoms with Gasteiger partial charge in [-0.1, -0.05) is 133 Å². The molecule has 4 aromatic heterocycles. The van der Waals surface area contributed by atoms with E-state index in [1.165, 1.54) is 47.7 Å². The van der Waals surface area contributed by atoms with Crippen LogP contribution in [0.4, 0.5) is 0 Å². The molecule has 0 radical (unpaired) electrons. The van der Waals surface area contributed by atoms with Crippen LogP contribution >= 0.6 is 11.3 Å². The summed E-state index contributed by atoms with van der Waals surface area (Å²) in [4.78, 5) is 14.8. The van der Waals surface area contributed by atoms with E-state index in [1.54, 1.807) is 0 Å². The van der Waals surface area contributed by atoms with Gasteiger partial charge in [0.2, 0.25) is 0 Å². The number of thiophene rings is 1. The van der Waals surface area contributed by atoms with Crippen molar-refractivity contribution in [3.05, 3.63) is 182 Å². The Bertz CT molecular complexity index is 3420. The zero-order valence-electron chi connectivity index (χ0n) is 30.4. The summed E-state index contributed by atoms with van der Waals surface area (Å²) in [5.74, 6) is 1.89. The maximum Gasteiger partial charge on any atom is 0.164 e. The number of benzene rings is 8. The normalized spacial score (nSPS) is 11.9. The lowest BCUT2D eigenvalue weighted by molar-refractivity contribution is 0.670. The molecule has 6 heteroatoms. The van der Waals surface area contributed by atoms with Crippen LogP contribution in [-0.4, -0.2) is 19.5 Å². The van der Waals surface area contributed by atoms with E-state index in [-0.39, 0.29) is 0 Å². The molecule has 0 aliphatic rings. The SMILES string of the molecule is c1ccc(-c2nc(-c3ccccc3)nc(-c3ccc4oc5c(-c6ccc7c(c6)sc6cccc(-n8c9ccccc9c9ccccc98)c67)cccc5c4c3)n2)cc1. The molecule has 0 N–H and O–H groups in total. The number of rotatable bonds is 5. The molecule has 57 heavy (non-hydrogen) atoms. The largest absolute Gasteiger partial charge is 0.455 e.